The first kappa shape index (κ1) is 12.0. The van der Waals surface area contributed by atoms with Crippen LogP contribution in [0.2, 0.25) is 0 Å². The molecule has 0 unspecified atom stereocenters. The molecule has 2 N–H and O–H groups in total. The molecule has 2 nitrogen and oxygen atoms in total. The first-order chi connectivity index (χ1) is 9.22. The molecule has 0 aliphatic heterocycles. The molecule has 0 spiro atoms. The summed E-state index contributed by atoms with van der Waals surface area (Å²) in [5.74, 6) is 0.180. The van der Waals surface area contributed by atoms with Crippen LogP contribution < -0.4 is 5.73 Å². The number of benzene rings is 2. The molecular weight excluding hydrogens is 234 g/mol. The summed E-state index contributed by atoms with van der Waals surface area (Å²) < 4.78 is 0. The highest BCUT2D eigenvalue weighted by molar-refractivity contribution is 5.97. The van der Waals surface area contributed by atoms with Gasteiger partial charge < -0.3 is 5.73 Å². The van der Waals surface area contributed by atoms with E-state index in [1.807, 2.05) is 30.3 Å². The Hall–Kier alpha value is -2.09. The molecule has 0 saturated heterocycles. The number of hydrogen-bond donors (Lipinski definition) is 1. The number of aryl methyl sites for hydroxylation is 2. The van der Waals surface area contributed by atoms with Crippen molar-refractivity contribution in [2.45, 2.75) is 25.7 Å². The maximum atomic E-state index is 12.3. The van der Waals surface area contributed by atoms with Crippen molar-refractivity contribution in [1.82, 2.24) is 0 Å². The highest BCUT2D eigenvalue weighted by atomic mass is 16.1. The predicted octanol–water partition coefficient (Wildman–Crippen LogP) is 3.18. The number of carbonyl (C=O) groups excluding carboxylic acids is 1. The summed E-state index contributed by atoms with van der Waals surface area (Å²) in [7, 11) is 0. The molecule has 0 fully saturated rings. The molecule has 2 aromatic rings. The third-order valence-electron chi connectivity index (χ3n) is 3.76. The zero-order valence-electron chi connectivity index (χ0n) is 10.9. The number of hydrogen-bond acceptors (Lipinski definition) is 2. The summed E-state index contributed by atoms with van der Waals surface area (Å²) in [4.78, 5) is 12.3. The van der Waals surface area contributed by atoms with E-state index in [2.05, 4.69) is 12.1 Å². The highest BCUT2D eigenvalue weighted by Crippen LogP contribution is 2.23. The molecule has 0 atom stereocenters. The van der Waals surface area contributed by atoms with Gasteiger partial charge in [-0.1, -0.05) is 24.3 Å². The minimum Gasteiger partial charge on any atom is -0.399 e. The number of carbonyl (C=O) groups is 1. The fourth-order valence-corrected chi connectivity index (χ4v) is 2.67. The van der Waals surface area contributed by atoms with Gasteiger partial charge in [0.1, 0.15) is 0 Å². The monoisotopic (exact) mass is 251 g/mol. The third kappa shape index (κ3) is 2.53. The largest absolute Gasteiger partial charge is 0.399 e. The van der Waals surface area contributed by atoms with E-state index in [1.54, 1.807) is 0 Å². The maximum Gasteiger partial charge on any atom is 0.167 e. The fourth-order valence-electron chi connectivity index (χ4n) is 2.67. The molecule has 0 saturated carbocycles. The van der Waals surface area contributed by atoms with Crippen molar-refractivity contribution in [3.05, 3.63) is 64.7 Å². The second-order valence-electron chi connectivity index (χ2n) is 5.18. The maximum absolute atomic E-state index is 12.3. The van der Waals surface area contributed by atoms with E-state index in [9.17, 15) is 4.79 Å². The van der Waals surface area contributed by atoms with Gasteiger partial charge in [-0.25, -0.2) is 0 Å². The molecule has 3 rings (SSSR count). The molecule has 2 heteroatoms. The van der Waals surface area contributed by atoms with E-state index >= 15 is 0 Å². The van der Waals surface area contributed by atoms with Crippen LogP contribution in [0.15, 0.2) is 42.5 Å². The topological polar surface area (TPSA) is 43.1 Å². The Bertz CT molecular complexity index is 614. The number of rotatable bonds is 3. The highest BCUT2D eigenvalue weighted by Gasteiger charge is 2.14. The zero-order valence-corrected chi connectivity index (χ0v) is 10.9. The van der Waals surface area contributed by atoms with Crippen LogP contribution in [0.3, 0.4) is 0 Å². The quantitative estimate of drug-likeness (QED) is 0.672. The van der Waals surface area contributed by atoms with E-state index in [4.69, 9.17) is 5.73 Å². The van der Waals surface area contributed by atoms with Gasteiger partial charge in [0.05, 0.1) is 0 Å². The Morgan fingerprint density at radius 1 is 1.00 bits per heavy atom. The summed E-state index contributed by atoms with van der Waals surface area (Å²) in [5, 5.41) is 0. The van der Waals surface area contributed by atoms with Crippen molar-refractivity contribution >= 4 is 11.5 Å². The summed E-state index contributed by atoms with van der Waals surface area (Å²) in [6.45, 7) is 0. The number of nitrogen functional groups attached to an aromatic ring is 1. The van der Waals surface area contributed by atoms with Crippen molar-refractivity contribution in [2.75, 3.05) is 5.73 Å². The van der Waals surface area contributed by atoms with Crippen LogP contribution >= 0.6 is 0 Å². The van der Waals surface area contributed by atoms with Gasteiger partial charge in [0, 0.05) is 17.7 Å². The lowest BCUT2D eigenvalue weighted by Crippen LogP contribution is -2.04. The normalized spacial score (nSPS) is 13.3. The van der Waals surface area contributed by atoms with Crippen molar-refractivity contribution in [2.24, 2.45) is 0 Å². The third-order valence-corrected chi connectivity index (χ3v) is 3.76. The van der Waals surface area contributed by atoms with Crippen LogP contribution in [-0.2, 0) is 19.3 Å². The second kappa shape index (κ2) is 4.88. The average Bonchev–Trinajstić information content (AvgIpc) is 2.88. The molecule has 1 aliphatic carbocycles. The zero-order chi connectivity index (χ0) is 13.2. The van der Waals surface area contributed by atoms with E-state index in [0.29, 0.717) is 6.42 Å². The van der Waals surface area contributed by atoms with Crippen molar-refractivity contribution < 1.29 is 4.79 Å². The van der Waals surface area contributed by atoms with Crippen LogP contribution in [0.1, 0.15) is 33.5 Å². The van der Waals surface area contributed by atoms with Crippen molar-refractivity contribution in [3.8, 4) is 0 Å². The Labute approximate surface area is 113 Å². The van der Waals surface area contributed by atoms with Crippen LogP contribution in [0, 0.1) is 0 Å². The molecular formula is C17H17NO. The van der Waals surface area contributed by atoms with E-state index in [1.165, 1.54) is 17.5 Å². The van der Waals surface area contributed by atoms with E-state index in [0.717, 1.165) is 29.7 Å². The first-order valence-electron chi connectivity index (χ1n) is 6.72. The summed E-state index contributed by atoms with van der Waals surface area (Å²) in [6, 6.07) is 13.7. The average molecular weight is 251 g/mol. The molecule has 0 radical (unpaired) electrons. The summed E-state index contributed by atoms with van der Waals surface area (Å²) in [5.41, 5.74) is 11.0. The molecule has 0 bridgehead atoms. The number of fused-ring (bicyclic) bond motifs is 1. The van der Waals surface area contributed by atoms with E-state index in [-0.39, 0.29) is 5.78 Å². The van der Waals surface area contributed by atoms with Crippen molar-refractivity contribution in [3.63, 3.8) is 0 Å². The minimum atomic E-state index is 0.180. The number of ketones is 1. The lowest BCUT2D eigenvalue weighted by molar-refractivity contribution is 0.0993. The molecule has 0 heterocycles. The Balaban J connectivity index is 1.78. The van der Waals surface area contributed by atoms with Crippen molar-refractivity contribution in [1.29, 1.82) is 0 Å². The van der Waals surface area contributed by atoms with Gasteiger partial charge in [0.25, 0.3) is 0 Å². The second-order valence-corrected chi connectivity index (χ2v) is 5.18. The molecule has 0 amide bonds. The minimum absolute atomic E-state index is 0.180. The van der Waals surface area contributed by atoms with Gasteiger partial charge in [-0.15, -0.1) is 0 Å². The molecule has 96 valence electrons. The molecule has 0 aromatic heterocycles. The van der Waals surface area contributed by atoms with Gasteiger partial charge in [-0.05, 0) is 54.2 Å². The number of nitrogens with two attached hydrogens (primary N) is 1. The van der Waals surface area contributed by atoms with E-state index < -0.39 is 0 Å². The van der Waals surface area contributed by atoms with Crippen LogP contribution in [-0.4, -0.2) is 5.78 Å². The van der Waals surface area contributed by atoms with Gasteiger partial charge in [0.2, 0.25) is 0 Å². The Morgan fingerprint density at radius 2 is 1.74 bits per heavy atom. The first-order valence-corrected chi connectivity index (χ1v) is 6.72. The standard InChI is InChI=1S/C17H17NO/c18-16-8-4-12(5-9-16)10-17(19)15-7-6-13-2-1-3-14(13)11-15/h4-9,11H,1-3,10,18H2. The SMILES string of the molecule is Nc1ccc(CC(=O)c2ccc3c(c2)CCC3)cc1. The smallest absolute Gasteiger partial charge is 0.167 e. The number of anilines is 1. The van der Waals surface area contributed by atoms with Crippen LogP contribution in [0.5, 0.6) is 0 Å². The van der Waals surface area contributed by atoms with Gasteiger partial charge >= 0.3 is 0 Å². The lowest BCUT2D eigenvalue weighted by Gasteiger charge is -2.05. The summed E-state index contributed by atoms with van der Waals surface area (Å²) >= 11 is 0. The van der Waals surface area contributed by atoms with Gasteiger partial charge in [-0.2, -0.15) is 0 Å². The molecule has 19 heavy (non-hydrogen) atoms. The Kier molecular flexibility index (Phi) is 3.08. The summed E-state index contributed by atoms with van der Waals surface area (Å²) in [6.07, 6.45) is 3.92. The number of Topliss-reactive ketones (excluding diaryl/α,β-unsaturated/α-hetero) is 1. The van der Waals surface area contributed by atoms with Gasteiger partial charge in [0.15, 0.2) is 5.78 Å². The fraction of sp³-hybridized carbons (Fsp3) is 0.235. The predicted molar refractivity (Wildman–Crippen MR) is 77.4 cm³/mol. The molecule has 2 aromatic carbocycles. The molecule has 1 aliphatic rings. The van der Waals surface area contributed by atoms with Crippen LogP contribution in [0.4, 0.5) is 5.69 Å². The Morgan fingerprint density at radius 3 is 2.53 bits per heavy atom. The lowest BCUT2D eigenvalue weighted by atomic mass is 9.99. The van der Waals surface area contributed by atoms with Gasteiger partial charge in [-0.3, -0.25) is 4.79 Å². The van der Waals surface area contributed by atoms with Crippen LogP contribution in [0.25, 0.3) is 0 Å².